The van der Waals surface area contributed by atoms with Crippen LogP contribution in [-0.2, 0) is 9.53 Å². The van der Waals surface area contributed by atoms with Gasteiger partial charge in [-0.3, -0.25) is 4.79 Å². The van der Waals surface area contributed by atoms with Crippen LogP contribution in [0.3, 0.4) is 0 Å². The molecule has 2 rings (SSSR count). The highest BCUT2D eigenvalue weighted by molar-refractivity contribution is 9.10. The Balaban J connectivity index is 1.77. The van der Waals surface area contributed by atoms with Crippen molar-refractivity contribution in [1.82, 2.24) is 5.32 Å². The smallest absolute Gasteiger partial charge is 0.258 e. The van der Waals surface area contributed by atoms with Gasteiger partial charge in [-0.25, -0.2) is 0 Å². The average molecular weight is 365 g/mol. The Morgan fingerprint density at radius 1 is 1.60 bits per heavy atom. The summed E-state index contributed by atoms with van der Waals surface area (Å²) in [6.07, 6.45) is 0.525. The van der Waals surface area contributed by atoms with Crippen LogP contribution in [0.15, 0.2) is 22.7 Å². The predicted molar refractivity (Wildman–Crippen MR) is 78.0 cm³/mol. The normalized spacial score (nSPS) is 21.8. The van der Waals surface area contributed by atoms with Crippen molar-refractivity contribution in [2.24, 2.45) is 0 Å². The van der Waals surface area contributed by atoms with Gasteiger partial charge in [0.1, 0.15) is 11.4 Å². The number of nitrogens with one attached hydrogen (secondary N) is 1. The van der Waals surface area contributed by atoms with E-state index in [1.807, 2.05) is 0 Å². The van der Waals surface area contributed by atoms with Crippen molar-refractivity contribution in [2.45, 2.75) is 12.0 Å². The maximum absolute atomic E-state index is 11.7. The third kappa shape index (κ3) is 4.34. The van der Waals surface area contributed by atoms with E-state index < -0.39 is 5.60 Å². The third-order valence-corrected chi connectivity index (χ3v) is 3.80. The minimum atomic E-state index is -0.962. The van der Waals surface area contributed by atoms with Crippen molar-refractivity contribution < 1.29 is 19.4 Å². The number of hydrogen-bond acceptors (Lipinski definition) is 4. The first-order valence-electron chi connectivity index (χ1n) is 6.13. The number of benzene rings is 1. The van der Waals surface area contributed by atoms with Gasteiger partial charge in [-0.1, -0.05) is 11.6 Å². The van der Waals surface area contributed by atoms with Gasteiger partial charge < -0.3 is 19.9 Å². The van der Waals surface area contributed by atoms with E-state index in [-0.39, 0.29) is 25.7 Å². The van der Waals surface area contributed by atoms with Crippen LogP contribution in [0.4, 0.5) is 0 Å². The third-order valence-electron chi connectivity index (χ3n) is 2.95. The Hall–Kier alpha value is -0.820. The molecule has 1 aromatic rings. The van der Waals surface area contributed by atoms with Crippen LogP contribution >= 0.6 is 27.5 Å². The summed E-state index contributed by atoms with van der Waals surface area (Å²) in [4.78, 5) is 11.7. The van der Waals surface area contributed by atoms with E-state index in [9.17, 15) is 9.90 Å². The summed E-state index contributed by atoms with van der Waals surface area (Å²) in [7, 11) is 0. The lowest BCUT2D eigenvalue weighted by atomic mass is 10.0. The number of amides is 1. The van der Waals surface area contributed by atoms with Crippen LogP contribution in [-0.4, -0.2) is 43.0 Å². The van der Waals surface area contributed by atoms with Crippen molar-refractivity contribution in [2.75, 3.05) is 26.4 Å². The molecule has 0 aliphatic carbocycles. The summed E-state index contributed by atoms with van der Waals surface area (Å²) < 4.78 is 11.1. The minimum absolute atomic E-state index is 0.128. The molecule has 20 heavy (non-hydrogen) atoms. The molecule has 1 heterocycles. The monoisotopic (exact) mass is 363 g/mol. The second kappa shape index (κ2) is 6.76. The topological polar surface area (TPSA) is 67.8 Å². The molecule has 1 saturated heterocycles. The van der Waals surface area contributed by atoms with Crippen molar-refractivity contribution in [3.05, 3.63) is 27.7 Å². The summed E-state index contributed by atoms with van der Waals surface area (Å²) >= 11 is 9.11. The van der Waals surface area contributed by atoms with Crippen molar-refractivity contribution in [3.8, 4) is 5.75 Å². The number of hydrogen-bond donors (Lipinski definition) is 2. The second-order valence-corrected chi connectivity index (χ2v) is 5.96. The number of ether oxygens (including phenoxy) is 2. The molecule has 0 spiro atoms. The lowest BCUT2D eigenvalue weighted by Crippen LogP contribution is -2.44. The number of carbonyl (C=O) groups excluding carboxylic acids is 1. The number of halogens is 2. The zero-order valence-electron chi connectivity index (χ0n) is 10.7. The Morgan fingerprint density at radius 2 is 2.40 bits per heavy atom. The fourth-order valence-corrected chi connectivity index (χ4v) is 2.58. The highest BCUT2D eigenvalue weighted by Crippen LogP contribution is 2.27. The van der Waals surface area contributed by atoms with E-state index >= 15 is 0 Å². The molecule has 1 aromatic carbocycles. The van der Waals surface area contributed by atoms with Crippen LogP contribution in [0.2, 0.25) is 5.02 Å². The van der Waals surface area contributed by atoms with Gasteiger partial charge in [0, 0.05) is 24.6 Å². The standard InChI is InChI=1S/C13H15BrClNO4/c14-10-5-9(15)1-2-11(10)20-6-12(17)16-7-13(18)3-4-19-8-13/h1-2,5,18H,3-4,6-8H2,(H,16,17). The van der Waals surface area contributed by atoms with Gasteiger partial charge in [-0.15, -0.1) is 0 Å². The molecule has 1 amide bonds. The molecular weight excluding hydrogens is 350 g/mol. The fourth-order valence-electron chi connectivity index (χ4n) is 1.79. The van der Waals surface area contributed by atoms with Gasteiger partial charge in [-0.2, -0.15) is 0 Å². The Morgan fingerprint density at radius 3 is 3.05 bits per heavy atom. The predicted octanol–water partition coefficient (Wildman–Crippen LogP) is 1.75. The molecule has 110 valence electrons. The van der Waals surface area contributed by atoms with Crippen LogP contribution in [0, 0.1) is 0 Å². The van der Waals surface area contributed by atoms with Crippen LogP contribution in [0.5, 0.6) is 5.75 Å². The van der Waals surface area contributed by atoms with E-state index in [2.05, 4.69) is 21.2 Å². The van der Waals surface area contributed by atoms with Crippen LogP contribution < -0.4 is 10.1 Å². The number of rotatable bonds is 5. The van der Waals surface area contributed by atoms with Crippen molar-refractivity contribution in [3.63, 3.8) is 0 Å². The van der Waals surface area contributed by atoms with E-state index in [4.69, 9.17) is 21.1 Å². The van der Waals surface area contributed by atoms with Gasteiger partial charge >= 0.3 is 0 Å². The van der Waals surface area contributed by atoms with Gasteiger partial charge in [-0.05, 0) is 34.1 Å². The van der Waals surface area contributed by atoms with Crippen LogP contribution in [0.1, 0.15) is 6.42 Å². The summed E-state index contributed by atoms with van der Waals surface area (Å²) in [6, 6.07) is 5.05. The largest absolute Gasteiger partial charge is 0.483 e. The summed E-state index contributed by atoms with van der Waals surface area (Å²) in [5, 5.41) is 13.2. The molecule has 1 aliphatic rings. The van der Waals surface area contributed by atoms with Gasteiger partial charge in [0.2, 0.25) is 0 Å². The van der Waals surface area contributed by atoms with Gasteiger partial charge in [0.15, 0.2) is 6.61 Å². The van der Waals surface area contributed by atoms with Crippen molar-refractivity contribution in [1.29, 1.82) is 0 Å². The zero-order chi connectivity index (χ0) is 14.6. The highest BCUT2D eigenvalue weighted by Gasteiger charge is 2.32. The summed E-state index contributed by atoms with van der Waals surface area (Å²) in [5.41, 5.74) is -0.962. The maximum atomic E-state index is 11.7. The van der Waals surface area contributed by atoms with E-state index in [1.54, 1.807) is 18.2 Å². The average Bonchev–Trinajstić information content (AvgIpc) is 2.83. The van der Waals surface area contributed by atoms with E-state index in [0.29, 0.717) is 28.3 Å². The minimum Gasteiger partial charge on any atom is -0.483 e. The molecule has 1 unspecified atom stereocenters. The van der Waals surface area contributed by atoms with Gasteiger partial charge in [0.25, 0.3) is 5.91 Å². The molecular formula is C13H15BrClNO4. The molecule has 0 radical (unpaired) electrons. The van der Waals surface area contributed by atoms with E-state index in [0.717, 1.165) is 0 Å². The quantitative estimate of drug-likeness (QED) is 0.835. The fraction of sp³-hybridized carbons (Fsp3) is 0.462. The molecule has 0 aromatic heterocycles. The molecule has 0 saturated carbocycles. The molecule has 2 N–H and O–H groups in total. The summed E-state index contributed by atoms with van der Waals surface area (Å²) in [5.74, 6) is 0.236. The summed E-state index contributed by atoms with van der Waals surface area (Å²) in [6.45, 7) is 0.797. The van der Waals surface area contributed by atoms with Crippen LogP contribution in [0.25, 0.3) is 0 Å². The number of carbonyl (C=O) groups is 1. The second-order valence-electron chi connectivity index (χ2n) is 4.67. The highest BCUT2D eigenvalue weighted by atomic mass is 79.9. The lowest BCUT2D eigenvalue weighted by molar-refractivity contribution is -0.124. The maximum Gasteiger partial charge on any atom is 0.258 e. The first-order valence-corrected chi connectivity index (χ1v) is 7.30. The Labute approximate surface area is 130 Å². The molecule has 5 nitrogen and oxygen atoms in total. The first kappa shape index (κ1) is 15.6. The van der Waals surface area contributed by atoms with E-state index in [1.165, 1.54) is 0 Å². The lowest BCUT2D eigenvalue weighted by Gasteiger charge is -2.20. The van der Waals surface area contributed by atoms with Crippen molar-refractivity contribution >= 4 is 33.4 Å². The molecule has 7 heteroatoms. The molecule has 1 atom stereocenters. The Kier molecular flexibility index (Phi) is 5.26. The number of aliphatic hydroxyl groups is 1. The Bertz CT molecular complexity index is 491. The zero-order valence-corrected chi connectivity index (χ0v) is 13.0. The molecule has 1 aliphatic heterocycles. The first-order chi connectivity index (χ1) is 9.48. The van der Waals surface area contributed by atoms with Gasteiger partial charge in [0.05, 0.1) is 11.1 Å². The molecule has 1 fully saturated rings. The molecule has 0 bridgehead atoms. The SMILES string of the molecule is O=C(COc1ccc(Cl)cc1Br)NCC1(O)CCOC1.